The van der Waals surface area contributed by atoms with Crippen molar-refractivity contribution in [2.24, 2.45) is 11.8 Å². The summed E-state index contributed by atoms with van der Waals surface area (Å²) < 4.78 is 14.4. The Labute approximate surface area is 139 Å². The number of nitrogens with zero attached hydrogens (tertiary/aromatic N) is 2. The smallest absolute Gasteiger partial charge is 0.308 e. The van der Waals surface area contributed by atoms with Gasteiger partial charge in [0.05, 0.1) is 11.6 Å². The summed E-state index contributed by atoms with van der Waals surface area (Å²) in [6.45, 7) is 3.92. The molecule has 128 valence electrons. The average molecular weight is 333 g/mol. The SMILES string of the molecule is CC(C)CC(CNC(=O)c1ccn(-c2ccc(F)cc2)n1)C(=O)O. The summed E-state index contributed by atoms with van der Waals surface area (Å²) >= 11 is 0. The highest BCUT2D eigenvalue weighted by Crippen LogP contribution is 2.12. The first kappa shape index (κ1) is 17.7. The number of halogens is 1. The van der Waals surface area contributed by atoms with Gasteiger partial charge in [0.15, 0.2) is 5.69 Å². The number of hydrogen-bond donors (Lipinski definition) is 2. The molecule has 7 heteroatoms. The van der Waals surface area contributed by atoms with Crippen LogP contribution in [0.5, 0.6) is 0 Å². The minimum Gasteiger partial charge on any atom is -0.481 e. The first-order valence-electron chi connectivity index (χ1n) is 7.69. The molecule has 1 unspecified atom stereocenters. The second-order valence-electron chi connectivity index (χ2n) is 6.00. The Morgan fingerprint density at radius 1 is 1.25 bits per heavy atom. The second kappa shape index (κ2) is 7.72. The monoisotopic (exact) mass is 333 g/mol. The van der Waals surface area contributed by atoms with Gasteiger partial charge in [-0.2, -0.15) is 5.10 Å². The van der Waals surface area contributed by atoms with E-state index >= 15 is 0 Å². The van der Waals surface area contributed by atoms with E-state index in [1.807, 2.05) is 13.8 Å². The molecule has 1 heterocycles. The van der Waals surface area contributed by atoms with Gasteiger partial charge in [0.1, 0.15) is 5.82 Å². The van der Waals surface area contributed by atoms with Crippen molar-refractivity contribution in [3.63, 3.8) is 0 Å². The van der Waals surface area contributed by atoms with Crippen molar-refractivity contribution in [2.75, 3.05) is 6.54 Å². The van der Waals surface area contributed by atoms with Crippen molar-refractivity contribution >= 4 is 11.9 Å². The topological polar surface area (TPSA) is 84.2 Å². The van der Waals surface area contributed by atoms with Crippen LogP contribution in [0.3, 0.4) is 0 Å². The van der Waals surface area contributed by atoms with Crippen LogP contribution in [0, 0.1) is 17.7 Å². The summed E-state index contributed by atoms with van der Waals surface area (Å²) in [6.07, 6.45) is 2.07. The molecule has 0 spiro atoms. The van der Waals surface area contributed by atoms with Gasteiger partial charge in [-0.05, 0) is 42.7 Å². The molecule has 0 aliphatic heterocycles. The van der Waals surface area contributed by atoms with Gasteiger partial charge < -0.3 is 10.4 Å². The Bertz CT molecular complexity index is 710. The molecule has 0 aliphatic rings. The van der Waals surface area contributed by atoms with E-state index in [-0.39, 0.29) is 24.0 Å². The Kier molecular flexibility index (Phi) is 5.68. The van der Waals surface area contributed by atoms with E-state index < -0.39 is 17.8 Å². The fourth-order valence-electron chi connectivity index (χ4n) is 2.33. The summed E-state index contributed by atoms with van der Waals surface area (Å²) in [7, 11) is 0. The predicted molar refractivity (Wildman–Crippen MR) is 86.4 cm³/mol. The van der Waals surface area contributed by atoms with Gasteiger partial charge in [0, 0.05) is 12.7 Å². The van der Waals surface area contributed by atoms with E-state index in [1.165, 1.54) is 22.9 Å². The summed E-state index contributed by atoms with van der Waals surface area (Å²) in [6, 6.07) is 7.23. The number of aromatic nitrogens is 2. The van der Waals surface area contributed by atoms with E-state index in [9.17, 15) is 19.1 Å². The van der Waals surface area contributed by atoms with Gasteiger partial charge in [-0.3, -0.25) is 9.59 Å². The summed E-state index contributed by atoms with van der Waals surface area (Å²) in [5.41, 5.74) is 0.798. The number of rotatable bonds is 7. The fraction of sp³-hybridized carbons (Fsp3) is 0.353. The minimum atomic E-state index is -0.930. The lowest BCUT2D eigenvalue weighted by Crippen LogP contribution is -2.33. The first-order valence-corrected chi connectivity index (χ1v) is 7.69. The molecule has 1 amide bonds. The maximum atomic E-state index is 12.9. The van der Waals surface area contributed by atoms with Gasteiger partial charge in [0.2, 0.25) is 0 Å². The van der Waals surface area contributed by atoms with Gasteiger partial charge in [-0.15, -0.1) is 0 Å². The second-order valence-corrected chi connectivity index (χ2v) is 6.00. The Balaban J connectivity index is 2.00. The molecule has 1 aromatic carbocycles. The van der Waals surface area contributed by atoms with Crippen molar-refractivity contribution in [2.45, 2.75) is 20.3 Å². The summed E-state index contributed by atoms with van der Waals surface area (Å²) in [4.78, 5) is 23.3. The van der Waals surface area contributed by atoms with Gasteiger partial charge in [-0.1, -0.05) is 13.8 Å². The quantitative estimate of drug-likeness (QED) is 0.815. The molecule has 2 aromatic rings. The van der Waals surface area contributed by atoms with E-state index in [0.29, 0.717) is 12.1 Å². The third-order valence-corrected chi connectivity index (χ3v) is 3.53. The van der Waals surface area contributed by atoms with Crippen LogP contribution in [0.2, 0.25) is 0 Å². The molecule has 1 aromatic heterocycles. The molecule has 1 atom stereocenters. The van der Waals surface area contributed by atoms with E-state index in [2.05, 4.69) is 10.4 Å². The van der Waals surface area contributed by atoms with Crippen molar-refractivity contribution in [1.82, 2.24) is 15.1 Å². The maximum absolute atomic E-state index is 12.9. The molecule has 0 aliphatic carbocycles. The molecule has 0 saturated carbocycles. The van der Waals surface area contributed by atoms with Crippen LogP contribution in [-0.4, -0.2) is 33.3 Å². The maximum Gasteiger partial charge on any atom is 0.308 e. The zero-order valence-electron chi connectivity index (χ0n) is 13.6. The average Bonchev–Trinajstić information content (AvgIpc) is 3.01. The predicted octanol–water partition coefficient (Wildman–Crippen LogP) is 2.49. The molecule has 0 radical (unpaired) electrons. The number of nitrogens with one attached hydrogen (secondary N) is 1. The van der Waals surface area contributed by atoms with Crippen LogP contribution < -0.4 is 5.32 Å². The van der Waals surface area contributed by atoms with Crippen LogP contribution in [0.4, 0.5) is 4.39 Å². The number of aliphatic carboxylic acids is 1. The lowest BCUT2D eigenvalue weighted by molar-refractivity contribution is -0.142. The number of amides is 1. The molecule has 2 N–H and O–H groups in total. The van der Waals surface area contributed by atoms with Crippen molar-refractivity contribution in [1.29, 1.82) is 0 Å². The number of carboxylic acid groups (broad SMARTS) is 1. The lowest BCUT2D eigenvalue weighted by atomic mass is 9.97. The largest absolute Gasteiger partial charge is 0.481 e. The van der Waals surface area contributed by atoms with Crippen molar-refractivity contribution < 1.29 is 19.1 Å². The summed E-state index contributed by atoms with van der Waals surface area (Å²) in [5.74, 6) is -2.13. The Morgan fingerprint density at radius 2 is 1.92 bits per heavy atom. The standard InChI is InChI=1S/C17H20FN3O3/c1-11(2)9-12(17(23)24)10-19-16(22)15-7-8-21(20-15)14-5-3-13(18)4-6-14/h3-8,11-12H,9-10H2,1-2H3,(H,19,22)(H,23,24). The number of benzene rings is 1. The van der Waals surface area contributed by atoms with Crippen LogP contribution in [-0.2, 0) is 4.79 Å². The molecule has 0 saturated heterocycles. The number of carbonyl (C=O) groups is 2. The molecule has 0 bridgehead atoms. The van der Waals surface area contributed by atoms with Crippen LogP contribution in [0.25, 0.3) is 5.69 Å². The third-order valence-electron chi connectivity index (χ3n) is 3.53. The highest BCUT2D eigenvalue weighted by molar-refractivity contribution is 5.92. The van der Waals surface area contributed by atoms with E-state index in [0.717, 1.165) is 0 Å². The normalized spacial score (nSPS) is 12.2. The van der Waals surface area contributed by atoms with Crippen molar-refractivity contribution in [3.8, 4) is 5.69 Å². The molecule has 24 heavy (non-hydrogen) atoms. The Morgan fingerprint density at radius 3 is 2.50 bits per heavy atom. The molecule has 6 nitrogen and oxygen atoms in total. The molecule has 0 fully saturated rings. The zero-order chi connectivity index (χ0) is 17.7. The van der Waals surface area contributed by atoms with Gasteiger partial charge in [0.25, 0.3) is 5.91 Å². The van der Waals surface area contributed by atoms with E-state index in [1.54, 1.807) is 18.3 Å². The lowest BCUT2D eigenvalue weighted by Gasteiger charge is -2.14. The van der Waals surface area contributed by atoms with Gasteiger partial charge in [-0.25, -0.2) is 9.07 Å². The highest BCUT2D eigenvalue weighted by Gasteiger charge is 2.20. The van der Waals surface area contributed by atoms with Crippen LogP contribution in [0.15, 0.2) is 36.5 Å². The summed E-state index contributed by atoms with van der Waals surface area (Å²) in [5, 5.41) is 15.9. The van der Waals surface area contributed by atoms with Gasteiger partial charge >= 0.3 is 5.97 Å². The highest BCUT2D eigenvalue weighted by atomic mass is 19.1. The van der Waals surface area contributed by atoms with Crippen molar-refractivity contribution in [3.05, 3.63) is 48.0 Å². The zero-order valence-corrected chi connectivity index (χ0v) is 13.6. The molecular formula is C17H20FN3O3. The number of carbonyl (C=O) groups excluding carboxylic acids is 1. The first-order chi connectivity index (χ1) is 11.4. The van der Waals surface area contributed by atoms with Crippen LogP contribution >= 0.6 is 0 Å². The van der Waals surface area contributed by atoms with Crippen LogP contribution in [0.1, 0.15) is 30.8 Å². The number of carboxylic acids is 1. The van der Waals surface area contributed by atoms with E-state index in [4.69, 9.17) is 0 Å². The minimum absolute atomic E-state index is 0.0513. The third kappa shape index (κ3) is 4.65. The Hall–Kier alpha value is -2.70. The fourth-order valence-corrected chi connectivity index (χ4v) is 2.33. The molecule has 2 rings (SSSR count). The molecular weight excluding hydrogens is 313 g/mol. The number of hydrogen-bond acceptors (Lipinski definition) is 3.